The number of fused-ring (bicyclic) bond motifs is 3. The molecule has 0 amide bonds. The van der Waals surface area contributed by atoms with Crippen LogP contribution in [0.5, 0.6) is 0 Å². The molecule has 0 aliphatic carbocycles. The Bertz CT molecular complexity index is 779. The maximum absolute atomic E-state index is 12.2. The Kier molecular flexibility index (Phi) is 4.37. The maximum atomic E-state index is 12.2. The summed E-state index contributed by atoms with van der Waals surface area (Å²) < 4.78 is 7.66. The zero-order valence-electron chi connectivity index (χ0n) is 14.0. The third-order valence-electron chi connectivity index (χ3n) is 4.24. The van der Waals surface area contributed by atoms with Crippen molar-refractivity contribution in [2.45, 2.75) is 33.9 Å². The second-order valence-corrected chi connectivity index (χ2v) is 6.59. The number of hydrogen-bond acceptors (Lipinski definition) is 2. The minimum atomic E-state index is -0.124. The van der Waals surface area contributed by atoms with Gasteiger partial charge in [-0.3, -0.25) is 4.79 Å². The van der Waals surface area contributed by atoms with E-state index < -0.39 is 0 Å². The number of carbonyl (C=O) groups is 1. The van der Waals surface area contributed by atoms with E-state index in [-0.39, 0.29) is 18.6 Å². The number of esters is 1. The lowest BCUT2D eigenvalue weighted by molar-refractivity contribution is -0.152. The second-order valence-electron chi connectivity index (χ2n) is 6.59. The van der Waals surface area contributed by atoms with Crippen LogP contribution in [0.4, 0.5) is 0 Å². The minimum Gasteiger partial charge on any atom is -0.444 e. The Morgan fingerprint density at radius 1 is 0.957 bits per heavy atom. The molecule has 1 unspecified atom stereocenters. The van der Waals surface area contributed by atoms with Gasteiger partial charge in [-0.15, -0.1) is 0 Å². The number of carbonyl (C=O) groups excluding carboxylic acids is 1. The third-order valence-corrected chi connectivity index (χ3v) is 4.24. The molecule has 0 aliphatic heterocycles. The highest BCUT2D eigenvalue weighted by Crippen LogP contribution is 2.28. The predicted molar refractivity (Wildman–Crippen MR) is 94.2 cm³/mol. The van der Waals surface area contributed by atoms with Gasteiger partial charge in [0.05, 0.1) is 17.0 Å². The van der Waals surface area contributed by atoms with Crippen molar-refractivity contribution >= 4 is 27.8 Å². The molecular formula is C20H23NO2. The molecule has 3 aromatic rings. The van der Waals surface area contributed by atoms with E-state index in [2.05, 4.69) is 42.7 Å². The number of aromatic nitrogens is 1. The highest BCUT2D eigenvalue weighted by Gasteiger charge is 2.17. The van der Waals surface area contributed by atoms with E-state index in [4.69, 9.17) is 4.74 Å². The van der Waals surface area contributed by atoms with E-state index in [1.807, 2.05) is 31.2 Å². The molecule has 0 saturated carbocycles. The number of ether oxygens (including phenoxy) is 1. The van der Waals surface area contributed by atoms with E-state index >= 15 is 0 Å². The lowest BCUT2D eigenvalue weighted by Crippen LogP contribution is -2.18. The molecule has 23 heavy (non-hydrogen) atoms. The SMILES string of the molecule is CC(C)CC(C)C(=O)OCn1c2ccccc2c2ccccc21. The standard InChI is InChI=1S/C20H23NO2/c1-14(2)12-15(3)20(22)23-13-21-18-10-6-4-8-16(18)17-9-5-7-11-19(17)21/h4-11,14-15H,12-13H2,1-3H3. The first kappa shape index (κ1) is 15.6. The van der Waals surface area contributed by atoms with Crippen molar-refractivity contribution in [2.75, 3.05) is 0 Å². The Morgan fingerprint density at radius 3 is 2.00 bits per heavy atom. The molecule has 0 fully saturated rings. The molecule has 3 heteroatoms. The molecule has 0 aliphatic rings. The average Bonchev–Trinajstić information content (AvgIpc) is 2.86. The summed E-state index contributed by atoms with van der Waals surface area (Å²) in [5.74, 6) is 0.300. The lowest BCUT2D eigenvalue weighted by Gasteiger charge is -2.14. The third kappa shape index (κ3) is 3.09. The van der Waals surface area contributed by atoms with Gasteiger partial charge in [0.15, 0.2) is 6.73 Å². The summed E-state index contributed by atoms with van der Waals surface area (Å²) in [5, 5.41) is 2.38. The zero-order valence-corrected chi connectivity index (χ0v) is 14.0. The van der Waals surface area contributed by atoms with Crippen molar-refractivity contribution in [3.63, 3.8) is 0 Å². The van der Waals surface area contributed by atoms with Gasteiger partial charge in [-0.05, 0) is 24.5 Å². The summed E-state index contributed by atoms with van der Waals surface area (Å²) >= 11 is 0. The number of rotatable bonds is 5. The fourth-order valence-electron chi connectivity index (χ4n) is 3.22. The monoisotopic (exact) mass is 309 g/mol. The van der Waals surface area contributed by atoms with Crippen LogP contribution in [0.3, 0.4) is 0 Å². The molecule has 1 heterocycles. The largest absolute Gasteiger partial charge is 0.444 e. The molecule has 0 radical (unpaired) electrons. The lowest BCUT2D eigenvalue weighted by atomic mass is 9.99. The fourth-order valence-corrected chi connectivity index (χ4v) is 3.22. The van der Waals surface area contributed by atoms with Crippen LogP contribution in [0, 0.1) is 11.8 Å². The first-order valence-electron chi connectivity index (χ1n) is 8.20. The van der Waals surface area contributed by atoms with Crippen LogP contribution in [-0.4, -0.2) is 10.5 Å². The average molecular weight is 309 g/mol. The van der Waals surface area contributed by atoms with E-state index in [1.165, 1.54) is 10.8 Å². The second kappa shape index (κ2) is 6.45. The summed E-state index contributed by atoms with van der Waals surface area (Å²) in [6.07, 6.45) is 0.853. The van der Waals surface area contributed by atoms with Crippen LogP contribution in [-0.2, 0) is 16.3 Å². The molecule has 1 aromatic heterocycles. The van der Waals surface area contributed by atoms with Gasteiger partial charge in [-0.2, -0.15) is 0 Å². The molecule has 1 atom stereocenters. The van der Waals surface area contributed by atoms with Crippen LogP contribution >= 0.6 is 0 Å². The van der Waals surface area contributed by atoms with Gasteiger partial charge in [0.2, 0.25) is 0 Å². The maximum Gasteiger partial charge on any atom is 0.310 e. The summed E-state index contributed by atoms with van der Waals surface area (Å²) in [6, 6.07) is 16.5. The highest BCUT2D eigenvalue weighted by atomic mass is 16.5. The van der Waals surface area contributed by atoms with Gasteiger partial charge < -0.3 is 9.30 Å². The van der Waals surface area contributed by atoms with Crippen molar-refractivity contribution in [2.24, 2.45) is 11.8 Å². The Labute approximate surface area is 136 Å². The number of benzene rings is 2. The van der Waals surface area contributed by atoms with E-state index in [0.29, 0.717) is 5.92 Å². The molecule has 120 valence electrons. The normalized spacial score (nSPS) is 12.9. The molecule has 0 spiro atoms. The number of hydrogen-bond donors (Lipinski definition) is 0. The Morgan fingerprint density at radius 2 is 1.48 bits per heavy atom. The van der Waals surface area contributed by atoms with Crippen molar-refractivity contribution in [3.05, 3.63) is 48.5 Å². The molecule has 3 nitrogen and oxygen atoms in total. The van der Waals surface area contributed by atoms with Gasteiger partial charge >= 0.3 is 5.97 Å². The van der Waals surface area contributed by atoms with Crippen molar-refractivity contribution in [1.82, 2.24) is 4.57 Å². The first-order valence-corrected chi connectivity index (χ1v) is 8.20. The van der Waals surface area contributed by atoms with E-state index in [9.17, 15) is 4.79 Å². The van der Waals surface area contributed by atoms with E-state index in [0.717, 1.165) is 17.5 Å². The fraction of sp³-hybridized carbons (Fsp3) is 0.350. The quantitative estimate of drug-likeness (QED) is 0.623. The zero-order chi connectivity index (χ0) is 16.4. The summed E-state index contributed by atoms with van der Waals surface area (Å²) in [4.78, 5) is 12.2. The molecular weight excluding hydrogens is 286 g/mol. The smallest absolute Gasteiger partial charge is 0.310 e. The van der Waals surface area contributed by atoms with Crippen LogP contribution in [0.25, 0.3) is 21.8 Å². The van der Waals surface area contributed by atoms with Gasteiger partial charge in [-0.25, -0.2) is 0 Å². The number of nitrogens with zero attached hydrogens (tertiary/aromatic N) is 1. The highest BCUT2D eigenvalue weighted by molar-refractivity contribution is 6.07. The molecule has 0 N–H and O–H groups in total. The topological polar surface area (TPSA) is 31.2 Å². The van der Waals surface area contributed by atoms with Crippen LogP contribution in [0.2, 0.25) is 0 Å². The molecule has 3 rings (SSSR count). The molecule has 2 aromatic carbocycles. The molecule has 0 bridgehead atoms. The van der Waals surface area contributed by atoms with Crippen molar-refractivity contribution < 1.29 is 9.53 Å². The molecule has 0 saturated heterocycles. The summed E-state index contributed by atoms with van der Waals surface area (Å²) in [6.45, 7) is 6.44. The van der Waals surface area contributed by atoms with Gasteiger partial charge in [0.25, 0.3) is 0 Å². The van der Waals surface area contributed by atoms with E-state index in [1.54, 1.807) is 0 Å². The van der Waals surface area contributed by atoms with Crippen LogP contribution < -0.4 is 0 Å². The summed E-state index contributed by atoms with van der Waals surface area (Å²) in [5.41, 5.74) is 2.19. The van der Waals surface area contributed by atoms with Crippen LogP contribution in [0.15, 0.2) is 48.5 Å². The Hall–Kier alpha value is -2.29. The van der Waals surface area contributed by atoms with Crippen molar-refractivity contribution in [3.8, 4) is 0 Å². The summed E-state index contributed by atoms with van der Waals surface area (Å²) in [7, 11) is 0. The first-order chi connectivity index (χ1) is 11.1. The van der Waals surface area contributed by atoms with Gasteiger partial charge in [0.1, 0.15) is 0 Å². The minimum absolute atomic E-state index is 0.0666. The van der Waals surface area contributed by atoms with Gasteiger partial charge in [0, 0.05) is 10.8 Å². The number of para-hydroxylation sites is 2. The Balaban J connectivity index is 1.89. The van der Waals surface area contributed by atoms with Gasteiger partial charge in [-0.1, -0.05) is 57.2 Å². The van der Waals surface area contributed by atoms with Crippen molar-refractivity contribution in [1.29, 1.82) is 0 Å². The predicted octanol–water partition coefficient (Wildman–Crippen LogP) is 4.98. The van der Waals surface area contributed by atoms with Crippen LogP contribution in [0.1, 0.15) is 27.2 Å².